The molecular weight excluding hydrogens is 166 g/mol. The number of hydrogen-bond acceptors (Lipinski definition) is 4. The van der Waals surface area contributed by atoms with Crippen LogP contribution in [0.25, 0.3) is 0 Å². The van der Waals surface area contributed by atoms with Crippen molar-refractivity contribution in [2.75, 3.05) is 0 Å². The molecule has 0 bridgehead atoms. The Morgan fingerprint density at radius 2 is 2.42 bits per heavy atom. The van der Waals surface area contributed by atoms with E-state index in [1.807, 2.05) is 0 Å². The summed E-state index contributed by atoms with van der Waals surface area (Å²) in [5.74, 6) is -1.76. The zero-order valence-corrected chi connectivity index (χ0v) is 6.09. The minimum atomic E-state index is -1.28. The number of aryl methyl sites for hydroxylation is 1. The van der Waals surface area contributed by atoms with Gasteiger partial charge in [0.15, 0.2) is 0 Å². The summed E-state index contributed by atoms with van der Waals surface area (Å²) in [6.07, 6.45) is 1.08. The first kappa shape index (κ1) is 8.18. The van der Waals surface area contributed by atoms with Gasteiger partial charge in [-0.25, -0.2) is 9.36 Å². The molecule has 0 aliphatic rings. The van der Waals surface area contributed by atoms with Gasteiger partial charge in [0.2, 0.25) is 0 Å². The number of carboxylic acids is 1. The standard InChI is InChI=1S/C5H5N3O4/c1-7-2-3(4(9)10)6-5(7)8(11)12/h2H,1H3,(H,9,10). The average molecular weight is 171 g/mol. The van der Waals surface area contributed by atoms with Crippen LogP contribution in [0.5, 0.6) is 0 Å². The van der Waals surface area contributed by atoms with Crippen molar-refractivity contribution < 1.29 is 14.8 Å². The SMILES string of the molecule is Cn1cc(C(=O)O)nc1[N+](=O)[O-]. The van der Waals surface area contributed by atoms with E-state index >= 15 is 0 Å². The number of rotatable bonds is 2. The van der Waals surface area contributed by atoms with E-state index in [0.29, 0.717) is 0 Å². The fourth-order valence-corrected chi connectivity index (χ4v) is 0.729. The van der Waals surface area contributed by atoms with Crippen molar-refractivity contribution in [3.05, 3.63) is 22.0 Å². The molecule has 0 fully saturated rings. The average Bonchev–Trinajstić information content (AvgIpc) is 2.30. The highest BCUT2D eigenvalue weighted by atomic mass is 16.6. The molecule has 0 spiro atoms. The summed E-state index contributed by atoms with van der Waals surface area (Å²) in [6, 6.07) is 0. The third-order valence-electron chi connectivity index (χ3n) is 1.23. The molecule has 1 heterocycles. The van der Waals surface area contributed by atoms with Crippen LogP contribution < -0.4 is 0 Å². The molecule has 12 heavy (non-hydrogen) atoms. The lowest BCUT2D eigenvalue weighted by Gasteiger charge is -1.90. The van der Waals surface area contributed by atoms with Crippen molar-refractivity contribution in [3.8, 4) is 0 Å². The Balaban J connectivity index is 3.17. The highest BCUT2D eigenvalue weighted by Crippen LogP contribution is 2.08. The van der Waals surface area contributed by atoms with E-state index in [1.165, 1.54) is 7.05 Å². The van der Waals surface area contributed by atoms with Gasteiger partial charge in [-0.3, -0.25) is 0 Å². The number of carboxylic acid groups (broad SMARTS) is 1. The predicted octanol–water partition coefficient (Wildman–Crippen LogP) is 0.0265. The summed E-state index contributed by atoms with van der Waals surface area (Å²) in [5, 5.41) is 18.6. The fourth-order valence-electron chi connectivity index (χ4n) is 0.729. The van der Waals surface area contributed by atoms with Crippen molar-refractivity contribution >= 4 is 11.9 Å². The number of nitro groups is 1. The van der Waals surface area contributed by atoms with Crippen LogP contribution in [0.1, 0.15) is 10.5 Å². The Hall–Kier alpha value is -1.92. The Kier molecular flexibility index (Phi) is 1.78. The van der Waals surface area contributed by atoms with E-state index in [0.717, 1.165) is 10.8 Å². The van der Waals surface area contributed by atoms with E-state index in [1.54, 1.807) is 0 Å². The maximum atomic E-state index is 10.3. The van der Waals surface area contributed by atoms with Crippen LogP contribution in [0.3, 0.4) is 0 Å². The molecule has 0 amide bonds. The van der Waals surface area contributed by atoms with E-state index in [9.17, 15) is 14.9 Å². The molecule has 0 aliphatic carbocycles. The molecule has 7 heteroatoms. The number of hydrogen-bond donors (Lipinski definition) is 1. The molecular formula is C5H5N3O4. The number of imidazole rings is 1. The number of nitrogens with zero attached hydrogens (tertiary/aromatic N) is 3. The van der Waals surface area contributed by atoms with E-state index in [-0.39, 0.29) is 5.69 Å². The molecule has 0 aliphatic heterocycles. The van der Waals surface area contributed by atoms with Gasteiger partial charge in [0.1, 0.15) is 6.20 Å². The lowest BCUT2D eigenvalue weighted by atomic mass is 10.5. The molecule has 0 saturated carbocycles. The fraction of sp³-hybridized carbons (Fsp3) is 0.200. The maximum Gasteiger partial charge on any atom is 0.435 e. The highest BCUT2D eigenvalue weighted by Gasteiger charge is 2.20. The second kappa shape index (κ2) is 2.61. The molecule has 0 unspecified atom stereocenters. The quantitative estimate of drug-likeness (QED) is 0.499. The number of aromatic nitrogens is 2. The lowest BCUT2D eigenvalue weighted by Crippen LogP contribution is -1.97. The van der Waals surface area contributed by atoms with Gasteiger partial charge in [-0.2, -0.15) is 0 Å². The first-order valence-corrected chi connectivity index (χ1v) is 2.93. The zero-order valence-electron chi connectivity index (χ0n) is 6.09. The first-order valence-electron chi connectivity index (χ1n) is 2.93. The smallest absolute Gasteiger partial charge is 0.435 e. The molecule has 0 atom stereocenters. The maximum absolute atomic E-state index is 10.3. The highest BCUT2D eigenvalue weighted by molar-refractivity contribution is 5.85. The van der Waals surface area contributed by atoms with Crippen molar-refractivity contribution in [3.63, 3.8) is 0 Å². The van der Waals surface area contributed by atoms with Gasteiger partial charge in [0.05, 0.1) is 7.05 Å². The first-order chi connectivity index (χ1) is 5.52. The topological polar surface area (TPSA) is 98.3 Å². The van der Waals surface area contributed by atoms with Crippen LogP contribution in [-0.4, -0.2) is 25.6 Å². The summed E-state index contributed by atoms with van der Waals surface area (Å²) in [4.78, 5) is 23.0. The Bertz CT molecular complexity index is 342. The predicted molar refractivity (Wildman–Crippen MR) is 36.8 cm³/mol. The van der Waals surface area contributed by atoms with Gasteiger partial charge in [-0.15, -0.1) is 0 Å². The lowest BCUT2D eigenvalue weighted by molar-refractivity contribution is -0.396. The largest absolute Gasteiger partial charge is 0.475 e. The normalized spacial score (nSPS) is 9.75. The third-order valence-corrected chi connectivity index (χ3v) is 1.23. The van der Waals surface area contributed by atoms with Gasteiger partial charge in [0.25, 0.3) is 5.69 Å². The molecule has 1 N–H and O–H groups in total. The van der Waals surface area contributed by atoms with Crippen molar-refractivity contribution in [1.82, 2.24) is 9.55 Å². The number of carbonyl (C=O) groups is 1. The van der Waals surface area contributed by atoms with Crippen molar-refractivity contribution in [1.29, 1.82) is 0 Å². The second-order valence-electron chi connectivity index (χ2n) is 2.10. The van der Waals surface area contributed by atoms with Crippen LogP contribution >= 0.6 is 0 Å². The summed E-state index contributed by atoms with van der Waals surface area (Å²) in [7, 11) is 1.36. The van der Waals surface area contributed by atoms with Crippen molar-refractivity contribution in [2.24, 2.45) is 7.05 Å². The molecule has 1 rings (SSSR count). The van der Waals surface area contributed by atoms with Crippen LogP contribution in [-0.2, 0) is 7.05 Å². The van der Waals surface area contributed by atoms with Gasteiger partial charge >= 0.3 is 11.9 Å². The van der Waals surface area contributed by atoms with Gasteiger partial charge in [-0.1, -0.05) is 4.98 Å². The molecule has 7 nitrogen and oxygen atoms in total. The summed E-state index contributed by atoms with van der Waals surface area (Å²) < 4.78 is 1.05. The molecule has 64 valence electrons. The van der Waals surface area contributed by atoms with Crippen LogP contribution in [0.15, 0.2) is 6.20 Å². The van der Waals surface area contributed by atoms with E-state index in [4.69, 9.17) is 5.11 Å². The molecule has 1 aromatic heterocycles. The Morgan fingerprint density at radius 3 is 2.67 bits per heavy atom. The number of aromatic carboxylic acids is 1. The molecule has 0 saturated heterocycles. The summed E-state index contributed by atoms with van der Waals surface area (Å²) >= 11 is 0. The van der Waals surface area contributed by atoms with Crippen molar-refractivity contribution in [2.45, 2.75) is 0 Å². The third kappa shape index (κ3) is 1.24. The van der Waals surface area contributed by atoms with Gasteiger partial charge in [-0.05, 0) is 4.92 Å². The molecule has 0 aromatic carbocycles. The zero-order chi connectivity index (χ0) is 9.30. The van der Waals surface area contributed by atoms with E-state index in [2.05, 4.69) is 4.98 Å². The minimum Gasteiger partial charge on any atom is -0.475 e. The Labute approximate surface area is 66.4 Å². The minimum absolute atomic E-state index is 0.329. The summed E-state index contributed by atoms with van der Waals surface area (Å²) in [5.41, 5.74) is -0.329. The Morgan fingerprint density at radius 1 is 1.83 bits per heavy atom. The molecule has 1 aromatic rings. The van der Waals surface area contributed by atoms with Crippen LogP contribution in [0, 0.1) is 10.1 Å². The summed E-state index contributed by atoms with van der Waals surface area (Å²) in [6.45, 7) is 0. The monoisotopic (exact) mass is 171 g/mol. The van der Waals surface area contributed by atoms with E-state index < -0.39 is 16.8 Å². The molecule has 0 radical (unpaired) electrons. The van der Waals surface area contributed by atoms with Crippen LogP contribution in [0.4, 0.5) is 5.95 Å². The second-order valence-corrected chi connectivity index (χ2v) is 2.10. The van der Waals surface area contributed by atoms with Gasteiger partial charge < -0.3 is 15.2 Å². The van der Waals surface area contributed by atoms with Crippen LogP contribution in [0.2, 0.25) is 0 Å². The van der Waals surface area contributed by atoms with Gasteiger partial charge in [0, 0.05) is 0 Å².